The molecule has 3 unspecified atom stereocenters. The number of hydroxylamine groups is 1. The van der Waals surface area contributed by atoms with E-state index >= 15 is 0 Å². The molecule has 5 saturated heterocycles. The molecule has 3 aliphatic carbocycles. The molecule has 27 heteroatoms. The van der Waals surface area contributed by atoms with Crippen LogP contribution < -0.4 is 30.3 Å². The predicted molar refractivity (Wildman–Crippen MR) is 334 cm³/mol. The topological polar surface area (TPSA) is 299 Å². The molecule has 0 aromatic heterocycles. The number of hydrogen-bond acceptors (Lipinski definition) is 26. The van der Waals surface area contributed by atoms with Crippen LogP contribution in [0.4, 0.5) is 0 Å². The number of likely N-dealkylation sites (N-methyl/N-ethyl adjacent to an activating group) is 1. The highest BCUT2D eigenvalue weighted by Gasteiger charge is 2.78. The number of halogens is 1. The second-order valence-corrected chi connectivity index (χ2v) is 28.5. The van der Waals surface area contributed by atoms with Gasteiger partial charge in [-0.2, -0.15) is 5.48 Å². The molecule has 488 valence electrons. The van der Waals surface area contributed by atoms with Gasteiger partial charge in [0, 0.05) is 74.9 Å². The van der Waals surface area contributed by atoms with Gasteiger partial charge in [0.05, 0.1) is 83.2 Å². The molecule has 1 aromatic rings. The van der Waals surface area contributed by atoms with Crippen LogP contribution in [-0.4, -0.2) is 223 Å². The van der Waals surface area contributed by atoms with Gasteiger partial charge in [0.1, 0.15) is 53.8 Å². The number of Topliss-reactive ketones (excluding diaryl/α,β-unsaturated/α-hetero) is 2. The van der Waals surface area contributed by atoms with E-state index in [0.717, 1.165) is 31.3 Å². The summed E-state index contributed by atoms with van der Waals surface area (Å²) in [5, 5.41) is 65.0. The van der Waals surface area contributed by atoms with Crippen LogP contribution in [0.3, 0.4) is 0 Å². The highest BCUT2D eigenvalue weighted by molar-refractivity contribution is 14.1. The number of thioether (sulfide) groups is 1. The summed E-state index contributed by atoms with van der Waals surface area (Å²) in [5.74, 6) is 11.3. The number of aliphatic hydroxyl groups is 5. The Kier molecular flexibility index (Phi) is 23.9. The molecule has 0 amide bonds. The predicted octanol–water partition coefficient (Wildman–Crippen LogP) is 3.27. The number of ether oxygens (including phenoxy) is 11. The van der Waals surface area contributed by atoms with Crippen molar-refractivity contribution in [3.05, 3.63) is 38.0 Å². The van der Waals surface area contributed by atoms with Crippen LogP contribution in [0.1, 0.15) is 89.6 Å². The zero-order valence-corrected chi connectivity index (χ0v) is 55.9. The number of methoxy groups -OCH3 is 4. The molecule has 9 rings (SSSR count). The van der Waals surface area contributed by atoms with Gasteiger partial charge in [-0.1, -0.05) is 70.0 Å². The van der Waals surface area contributed by atoms with Crippen molar-refractivity contribution in [3.63, 3.8) is 0 Å². The van der Waals surface area contributed by atoms with Crippen LogP contribution in [0.2, 0.25) is 0 Å². The van der Waals surface area contributed by atoms with Crippen LogP contribution in [0.15, 0.2) is 23.3 Å². The minimum absolute atomic E-state index is 0.0399. The summed E-state index contributed by atoms with van der Waals surface area (Å²) in [7, 11) is 9.13. The van der Waals surface area contributed by atoms with Crippen LogP contribution in [0, 0.1) is 51.4 Å². The second kappa shape index (κ2) is 30.2. The van der Waals surface area contributed by atoms with E-state index in [1.165, 1.54) is 28.3 Å². The normalized spacial score (nSPS) is 40.7. The van der Waals surface area contributed by atoms with Crippen molar-refractivity contribution in [2.24, 2.45) is 17.3 Å². The summed E-state index contributed by atoms with van der Waals surface area (Å²) in [6.45, 7) is 14.7. The van der Waals surface area contributed by atoms with Crippen molar-refractivity contribution in [2.75, 3.05) is 60.4 Å². The lowest BCUT2D eigenvalue weighted by atomic mass is 9.44. The Bertz CT molecular complexity index is 2870. The first-order chi connectivity index (χ1) is 42.0. The van der Waals surface area contributed by atoms with Crippen molar-refractivity contribution < 1.29 is 96.9 Å². The molecular weight excluding hydrogens is 1320 g/mol. The van der Waals surface area contributed by atoms with E-state index < -0.39 is 125 Å². The molecule has 5 heterocycles. The number of rotatable bonds is 23. The third-order valence-corrected chi connectivity index (χ3v) is 23.3. The van der Waals surface area contributed by atoms with Crippen molar-refractivity contribution in [3.8, 4) is 40.9 Å². The zero-order chi connectivity index (χ0) is 63.5. The van der Waals surface area contributed by atoms with E-state index in [0.29, 0.717) is 37.8 Å². The third-order valence-electron chi connectivity index (χ3n) is 17.9. The van der Waals surface area contributed by atoms with Gasteiger partial charge in [-0.3, -0.25) is 14.4 Å². The fourth-order valence-corrected chi connectivity index (χ4v) is 17.6. The van der Waals surface area contributed by atoms with E-state index in [4.69, 9.17) is 56.9 Å². The number of hydrogen-bond donors (Lipinski definition) is 8. The lowest BCUT2D eigenvalue weighted by Crippen LogP contribution is -2.69. The molecule has 23 nitrogen and oxygen atoms in total. The van der Waals surface area contributed by atoms with Crippen molar-refractivity contribution in [1.82, 2.24) is 16.1 Å². The highest BCUT2D eigenvalue weighted by Crippen LogP contribution is 2.70. The number of ketones is 2. The monoisotopic (exact) mass is 1400 g/mol. The van der Waals surface area contributed by atoms with E-state index in [1.807, 2.05) is 35.6 Å². The Labute approximate surface area is 540 Å². The summed E-state index contributed by atoms with van der Waals surface area (Å²) < 4.78 is 68.5. The second-order valence-electron chi connectivity index (χ2n) is 23.5. The first-order valence-corrected chi connectivity index (χ1v) is 34.2. The summed E-state index contributed by atoms with van der Waals surface area (Å²) in [6.07, 6.45) is -11.7. The molecule has 88 heavy (non-hydrogen) atoms. The quantitative estimate of drug-likeness (QED) is 0.0195. The molecule has 2 saturated carbocycles. The Morgan fingerprint density at radius 3 is 2.34 bits per heavy atom. The van der Waals surface area contributed by atoms with Crippen LogP contribution in [0.5, 0.6) is 17.2 Å². The van der Waals surface area contributed by atoms with Gasteiger partial charge in [-0.05, 0) is 101 Å². The molecule has 1 aromatic carbocycles. The Morgan fingerprint density at radius 2 is 1.67 bits per heavy atom. The van der Waals surface area contributed by atoms with E-state index in [1.54, 1.807) is 69.4 Å². The summed E-state index contributed by atoms with van der Waals surface area (Å²) in [4.78, 5) is 47.9. The molecule has 23 atom stereocenters. The van der Waals surface area contributed by atoms with Crippen molar-refractivity contribution in [1.29, 1.82) is 0 Å². The largest absolute Gasteiger partial charge is 0.492 e. The van der Waals surface area contributed by atoms with Crippen LogP contribution in [-0.2, 0) is 52.3 Å². The Hall–Kier alpha value is -2.67. The number of carbonyl (C=O) groups is 3. The van der Waals surface area contributed by atoms with Gasteiger partial charge in [0.25, 0.3) is 0 Å². The van der Waals surface area contributed by atoms with Gasteiger partial charge in [-0.15, -0.1) is 0 Å². The maximum atomic E-state index is 14.5. The number of aliphatic hydroxyl groups excluding tert-OH is 4. The standard InChI is InChI=1S/C61H84IN3O20S3/c1-12-64-37-27-78-42(24-41(37)74-8)83-54-49(70)47(31(5)80-59(54)82-40-15-13-14-28(2)16-19-60-36(22-29(3)66)39(68)25-61(60,73)35(45(40)60)18-21-86-88-34-17-20-63-26-34)65-85-43-23-38(67)56(33(7)79-43)87-57(72)44-30(4)46(62)52(55(77-11)51(44)75-9)84-58-50(71)53(76-10)48(69)32(6)81-58/h14,18,31-34,36-38,40-43,45,47-50,53-54,56,58-59,63-65,67,69-71,73H,12,17,20-27H2,1-11H3/b28-14-,35-18+/t31-,32+,33-,34-,36?,37+,38+,40+,41+,42+,43+,45?,47-,48+,49+,50-,53-,54-,56-,58+,59+,60?,61+/m1/s1. The smallest absolute Gasteiger partial charge is 0.229 e. The molecule has 1 spiro atoms. The molecule has 5 aliphatic heterocycles. The van der Waals surface area contributed by atoms with E-state index in [9.17, 15) is 39.9 Å². The number of nitrogens with one attached hydrogen (secondary N) is 3. The van der Waals surface area contributed by atoms with Gasteiger partial charge in [0.2, 0.25) is 17.2 Å². The van der Waals surface area contributed by atoms with Crippen LogP contribution in [0.25, 0.3) is 0 Å². The van der Waals surface area contributed by atoms with E-state index in [2.05, 4.69) is 39.8 Å². The lowest BCUT2D eigenvalue weighted by molar-refractivity contribution is -0.342. The van der Waals surface area contributed by atoms with Crippen LogP contribution >= 0.6 is 55.9 Å². The molecule has 8 N–H and O–H groups in total. The minimum atomic E-state index is -1.73. The average molecular weight is 1400 g/mol. The minimum Gasteiger partial charge on any atom is -0.492 e. The maximum absolute atomic E-state index is 14.5. The van der Waals surface area contributed by atoms with Gasteiger partial charge < -0.3 is 93.1 Å². The summed E-state index contributed by atoms with van der Waals surface area (Å²) in [6, 6.07) is -1.18. The van der Waals surface area contributed by atoms with E-state index in [-0.39, 0.29) is 78.8 Å². The first-order valence-electron chi connectivity index (χ1n) is 29.8. The van der Waals surface area contributed by atoms with Gasteiger partial charge in [0.15, 0.2) is 30.4 Å². The molecule has 8 aliphatic rings. The Morgan fingerprint density at radius 1 is 0.920 bits per heavy atom. The fraction of sp³-hybridized carbons (Fsp3) is 0.721. The first kappa shape index (κ1) is 69.7. The lowest BCUT2D eigenvalue weighted by Gasteiger charge is -2.60. The fourth-order valence-electron chi connectivity index (χ4n) is 13.4. The average Bonchev–Trinajstić information content (AvgIpc) is 1.42. The molecular formula is C61H84IN3O20S3. The third kappa shape index (κ3) is 14.1. The summed E-state index contributed by atoms with van der Waals surface area (Å²) in [5.41, 5.74) is 1.47. The number of carbonyl (C=O) groups excluding carboxylic acids is 3. The van der Waals surface area contributed by atoms with Crippen molar-refractivity contribution in [2.45, 2.75) is 201 Å². The molecule has 7 fully saturated rings. The molecule has 0 bridgehead atoms. The Balaban J connectivity index is 0.938. The van der Waals surface area contributed by atoms with Crippen molar-refractivity contribution >= 4 is 72.6 Å². The SMILES string of the molecule is CCN[C@H]1CO[C@@H](O[C@H]2[C@H](O[C@H]3C#C/C=C(/C)C#CC45C(CC(C)=O)C(=O)C[C@]4(O)/C(=C/CSS[C@@H]4CCNC4)C35)O[C@H](C)[C@@H](NO[C@H]3C[C@H](O)[C@H](SC(=O)c4c(C)c(I)c(O[C@@H]5O[C@@H](C)[C@H](O)[C@@H](OC)[C@H]5O)c(OC)c4OC)[C@@H](C)O3)[C@@H]2O)C[C@@H]1OC. The molecule has 0 radical (unpaired) electrons. The number of benzene rings is 1. The zero-order valence-electron chi connectivity index (χ0n) is 51.3. The summed E-state index contributed by atoms with van der Waals surface area (Å²) >= 11 is 2.86. The highest BCUT2D eigenvalue weighted by atomic mass is 127. The number of allylic oxidation sites excluding steroid dienone is 2. The van der Waals surface area contributed by atoms with Gasteiger partial charge >= 0.3 is 0 Å². The maximum Gasteiger partial charge on any atom is 0.229 e. The van der Waals surface area contributed by atoms with Gasteiger partial charge in [-0.25, -0.2) is 0 Å².